The standard InChI is InChI=1S/C19H23FN2O2/c20-16-7-5-15(6-8-16)17-9-10-18(24-17)19(23)21-11-4-14-22-12-2-1-3-13-22/h5-10H,1-4,11-14H2,(H,21,23). The SMILES string of the molecule is O=C(NCCCN1CCCCC1)c1ccc(-c2ccc(F)cc2)o1. The Bertz CT molecular complexity index is 660. The minimum Gasteiger partial charge on any atom is -0.451 e. The molecule has 1 saturated heterocycles. The molecule has 4 nitrogen and oxygen atoms in total. The number of carbonyl (C=O) groups is 1. The van der Waals surface area contributed by atoms with Gasteiger partial charge in [-0.1, -0.05) is 6.42 Å². The van der Waals surface area contributed by atoms with E-state index in [4.69, 9.17) is 4.42 Å². The second kappa shape index (κ2) is 8.11. The van der Waals surface area contributed by atoms with Gasteiger partial charge in [0, 0.05) is 12.1 Å². The van der Waals surface area contributed by atoms with Crippen LogP contribution in [-0.4, -0.2) is 37.0 Å². The van der Waals surface area contributed by atoms with Crippen LogP contribution in [0.15, 0.2) is 40.8 Å². The van der Waals surface area contributed by atoms with Crippen molar-refractivity contribution in [3.8, 4) is 11.3 Å². The highest BCUT2D eigenvalue weighted by Gasteiger charge is 2.13. The zero-order valence-electron chi connectivity index (χ0n) is 13.8. The molecule has 0 saturated carbocycles. The maximum absolute atomic E-state index is 12.9. The van der Waals surface area contributed by atoms with Gasteiger partial charge in [0.05, 0.1) is 0 Å². The largest absolute Gasteiger partial charge is 0.451 e. The summed E-state index contributed by atoms with van der Waals surface area (Å²) in [4.78, 5) is 14.6. The van der Waals surface area contributed by atoms with Gasteiger partial charge in [0.15, 0.2) is 5.76 Å². The molecule has 1 amide bonds. The Kier molecular flexibility index (Phi) is 5.64. The van der Waals surface area contributed by atoms with Crippen molar-refractivity contribution in [3.63, 3.8) is 0 Å². The summed E-state index contributed by atoms with van der Waals surface area (Å²) in [6, 6.07) is 9.40. The first-order valence-electron chi connectivity index (χ1n) is 8.59. The van der Waals surface area contributed by atoms with Gasteiger partial charge >= 0.3 is 0 Å². The summed E-state index contributed by atoms with van der Waals surface area (Å²) in [5, 5.41) is 2.89. The van der Waals surface area contributed by atoms with E-state index in [1.54, 1.807) is 24.3 Å². The molecule has 0 bridgehead atoms. The van der Waals surface area contributed by atoms with Crippen molar-refractivity contribution in [3.05, 3.63) is 48.0 Å². The highest BCUT2D eigenvalue weighted by molar-refractivity contribution is 5.92. The van der Waals surface area contributed by atoms with Crippen LogP contribution >= 0.6 is 0 Å². The zero-order chi connectivity index (χ0) is 16.8. The lowest BCUT2D eigenvalue weighted by atomic mass is 10.1. The molecule has 1 N–H and O–H groups in total. The lowest BCUT2D eigenvalue weighted by Crippen LogP contribution is -2.33. The molecule has 0 atom stereocenters. The molecular weight excluding hydrogens is 307 g/mol. The van der Waals surface area contributed by atoms with Crippen LogP contribution in [0.4, 0.5) is 4.39 Å². The molecule has 0 aliphatic carbocycles. The highest BCUT2D eigenvalue weighted by Crippen LogP contribution is 2.22. The van der Waals surface area contributed by atoms with E-state index in [-0.39, 0.29) is 17.5 Å². The Balaban J connectivity index is 1.46. The number of nitrogens with one attached hydrogen (secondary N) is 1. The number of rotatable bonds is 6. The van der Waals surface area contributed by atoms with Gasteiger partial charge in [-0.25, -0.2) is 4.39 Å². The maximum atomic E-state index is 12.9. The van der Waals surface area contributed by atoms with Gasteiger partial charge in [0.2, 0.25) is 0 Å². The third kappa shape index (κ3) is 4.45. The van der Waals surface area contributed by atoms with Gasteiger partial charge in [-0.05, 0) is 75.3 Å². The minimum atomic E-state index is -0.294. The molecule has 0 unspecified atom stereocenters. The van der Waals surface area contributed by atoms with Crippen molar-refractivity contribution in [2.45, 2.75) is 25.7 Å². The second-order valence-corrected chi connectivity index (χ2v) is 6.18. The van der Waals surface area contributed by atoms with E-state index in [1.165, 1.54) is 44.5 Å². The van der Waals surface area contributed by atoms with Gasteiger partial charge in [-0.15, -0.1) is 0 Å². The predicted molar refractivity (Wildman–Crippen MR) is 91.3 cm³/mol. The third-order valence-electron chi connectivity index (χ3n) is 4.34. The molecule has 2 heterocycles. The van der Waals surface area contributed by atoms with Crippen molar-refractivity contribution < 1.29 is 13.6 Å². The minimum absolute atomic E-state index is 0.206. The lowest BCUT2D eigenvalue weighted by molar-refractivity contribution is 0.0924. The molecule has 1 aliphatic heterocycles. The Labute approximate surface area is 141 Å². The number of furan rings is 1. The molecule has 5 heteroatoms. The number of nitrogens with zero attached hydrogens (tertiary/aromatic N) is 1. The quantitative estimate of drug-likeness (QED) is 0.822. The summed E-state index contributed by atoms with van der Waals surface area (Å²) in [6.45, 7) is 4.02. The molecule has 0 spiro atoms. The average Bonchev–Trinajstić information content (AvgIpc) is 3.10. The maximum Gasteiger partial charge on any atom is 0.287 e. The molecule has 2 aromatic rings. The number of halogens is 1. The molecular formula is C19H23FN2O2. The summed E-state index contributed by atoms with van der Waals surface area (Å²) >= 11 is 0. The van der Waals surface area contributed by atoms with Gasteiger partial charge in [0.1, 0.15) is 11.6 Å². The van der Waals surface area contributed by atoms with E-state index in [9.17, 15) is 9.18 Å². The number of benzene rings is 1. The van der Waals surface area contributed by atoms with E-state index in [1.807, 2.05) is 0 Å². The van der Waals surface area contributed by atoms with Gasteiger partial charge < -0.3 is 14.6 Å². The molecule has 128 valence electrons. The summed E-state index contributed by atoms with van der Waals surface area (Å²) in [5.74, 6) is 0.347. The van der Waals surface area contributed by atoms with E-state index >= 15 is 0 Å². The van der Waals surface area contributed by atoms with Crippen LogP contribution in [-0.2, 0) is 0 Å². The average molecular weight is 330 g/mol. The van der Waals surface area contributed by atoms with Crippen LogP contribution in [0.3, 0.4) is 0 Å². The summed E-state index contributed by atoms with van der Waals surface area (Å²) in [6.07, 6.45) is 4.84. The Morgan fingerprint density at radius 2 is 1.83 bits per heavy atom. The normalized spacial score (nSPS) is 15.4. The zero-order valence-corrected chi connectivity index (χ0v) is 13.8. The predicted octanol–water partition coefficient (Wildman–Crippen LogP) is 3.69. The summed E-state index contributed by atoms with van der Waals surface area (Å²) < 4.78 is 18.5. The van der Waals surface area contributed by atoms with Gasteiger partial charge in [-0.2, -0.15) is 0 Å². The smallest absolute Gasteiger partial charge is 0.287 e. The van der Waals surface area contributed by atoms with Crippen LogP contribution in [0.5, 0.6) is 0 Å². The number of likely N-dealkylation sites (tertiary alicyclic amines) is 1. The molecule has 1 aromatic carbocycles. The third-order valence-corrected chi connectivity index (χ3v) is 4.34. The van der Waals surface area contributed by atoms with E-state index in [0.717, 1.165) is 18.5 Å². The highest BCUT2D eigenvalue weighted by atomic mass is 19.1. The second-order valence-electron chi connectivity index (χ2n) is 6.18. The monoisotopic (exact) mass is 330 g/mol. The molecule has 1 aromatic heterocycles. The van der Waals surface area contributed by atoms with Crippen LogP contribution < -0.4 is 5.32 Å². The number of amides is 1. The van der Waals surface area contributed by atoms with Crippen LogP contribution in [0, 0.1) is 5.82 Å². The first kappa shape index (κ1) is 16.7. The fourth-order valence-corrected chi connectivity index (χ4v) is 3.00. The van der Waals surface area contributed by atoms with Crippen molar-refractivity contribution in [1.82, 2.24) is 10.2 Å². The number of carbonyl (C=O) groups excluding carboxylic acids is 1. The number of hydrogen-bond donors (Lipinski definition) is 1. The fraction of sp³-hybridized carbons (Fsp3) is 0.421. The van der Waals surface area contributed by atoms with Crippen molar-refractivity contribution >= 4 is 5.91 Å². The van der Waals surface area contributed by atoms with Crippen LogP contribution in [0.1, 0.15) is 36.2 Å². The number of piperidine rings is 1. The summed E-state index contributed by atoms with van der Waals surface area (Å²) in [5.41, 5.74) is 0.751. The molecule has 1 fully saturated rings. The van der Waals surface area contributed by atoms with Crippen molar-refractivity contribution in [1.29, 1.82) is 0 Å². The van der Waals surface area contributed by atoms with Crippen LogP contribution in [0.2, 0.25) is 0 Å². The van der Waals surface area contributed by atoms with Crippen molar-refractivity contribution in [2.24, 2.45) is 0 Å². The Hall–Kier alpha value is -2.14. The van der Waals surface area contributed by atoms with Crippen LogP contribution in [0.25, 0.3) is 11.3 Å². The first-order valence-corrected chi connectivity index (χ1v) is 8.59. The van der Waals surface area contributed by atoms with E-state index < -0.39 is 0 Å². The van der Waals surface area contributed by atoms with E-state index in [2.05, 4.69) is 10.2 Å². The summed E-state index contributed by atoms with van der Waals surface area (Å²) in [7, 11) is 0. The topological polar surface area (TPSA) is 45.5 Å². The number of hydrogen-bond acceptors (Lipinski definition) is 3. The van der Waals surface area contributed by atoms with E-state index in [0.29, 0.717) is 12.3 Å². The molecule has 1 aliphatic rings. The molecule has 24 heavy (non-hydrogen) atoms. The Morgan fingerprint density at radius 3 is 2.58 bits per heavy atom. The van der Waals surface area contributed by atoms with Gasteiger partial charge in [-0.3, -0.25) is 4.79 Å². The molecule has 3 rings (SSSR count). The molecule has 0 radical (unpaired) electrons. The van der Waals surface area contributed by atoms with Crippen molar-refractivity contribution in [2.75, 3.05) is 26.2 Å². The lowest BCUT2D eigenvalue weighted by Gasteiger charge is -2.26. The first-order chi connectivity index (χ1) is 11.7. The Morgan fingerprint density at radius 1 is 1.08 bits per heavy atom. The fourth-order valence-electron chi connectivity index (χ4n) is 3.00. The van der Waals surface area contributed by atoms with Gasteiger partial charge in [0.25, 0.3) is 5.91 Å².